The lowest BCUT2D eigenvalue weighted by Gasteiger charge is -2.34. The van der Waals surface area contributed by atoms with Crippen LogP contribution in [-0.4, -0.2) is 36.3 Å². The summed E-state index contributed by atoms with van der Waals surface area (Å²) in [5.41, 5.74) is 0.382. The maximum absolute atomic E-state index is 13.4. The summed E-state index contributed by atoms with van der Waals surface area (Å²) in [6, 6.07) is 2.08. The van der Waals surface area contributed by atoms with Gasteiger partial charge in [-0.05, 0) is 13.0 Å². The molecule has 0 spiro atoms. The van der Waals surface area contributed by atoms with Crippen molar-refractivity contribution in [3.05, 3.63) is 70.4 Å². The zero-order valence-corrected chi connectivity index (χ0v) is 15.1. The predicted molar refractivity (Wildman–Crippen MR) is 96.0 cm³/mol. The molecule has 29 heavy (non-hydrogen) atoms. The SMILES string of the molecule is C[C@H]1Cn2ncc(-n3cccnc3=O)c2CN1C(=O)Nc1cc(F)c(F)c(F)c1. The molecule has 1 aliphatic heterocycles. The fraction of sp³-hybridized carbons (Fsp3) is 0.222. The van der Waals surface area contributed by atoms with Crippen molar-refractivity contribution in [3.8, 4) is 5.69 Å². The molecule has 4 rings (SSSR count). The van der Waals surface area contributed by atoms with Crippen LogP contribution in [0.3, 0.4) is 0 Å². The number of hydrogen-bond acceptors (Lipinski definition) is 4. The van der Waals surface area contributed by atoms with E-state index < -0.39 is 29.2 Å². The Bertz CT molecular complexity index is 1140. The number of carbonyl (C=O) groups excluding carboxylic acids is 1. The fourth-order valence-electron chi connectivity index (χ4n) is 3.22. The normalized spacial score (nSPS) is 15.9. The Kier molecular flexibility index (Phi) is 4.57. The van der Waals surface area contributed by atoms with Crippen molar-refractivity contribution in [1.82, 2.24) is 24.2 Å². The summed E-state index contributed by atoms with van der Waals surface area (Å²) in [5, 5.41) is 6.64. The number of anilines is 1. The van der Waals surface area contributed by atoms with Crippen LogP contribution in [0.4, 0.5) is 23.7 Å². The van der Waals surface area contributed by atoms with E-state index in [9.17, 15) is 22.8 Å². The summed E-state index contributed by atoms with van der Waals surface area (Å²) in [4.78, 5) is 29.9. The van der Waals surface area contributed by atoms with Gasteiger partial charge in [0.15, 0.2) is 17.5 Å². The van der Waals surface area contributed by atoms with Gasteiger partial charge in [0.25, 0.3) is 0 Å². The average molecular weight is 404 g/mol. The van der Waals surface area contributed by atoms with Gasteiger partial charge in [-0.15, -0.1) is 0 Å². The maximum atomic E-state index is 13.4. The highest BCUT2D eigenvalue weighted by molar-refractivity contribution is 5.89. The Labute approximate surface area is 162 Å². The standard InChI is InChI=1S/C18H15F3N6O2/c1-10-8-27-15(14(7-23-27)25-4-2-3-22-17(25)28)9-26(10)18(29)24-11-5-12(19)16(21)13(20)6-11/h2-7,10H,8-9H2,1H3,(H,24,29)/t10-/m0/s1. The first-order chi connectivity index (χ1) is 13.8. The highest BCUT2D eigenvalue weighted by atomic mass is 19.2. The molecule has 0 unspecified atom stereocenters. The van der Waals surface area contributed by atoms with Crippen LogP contribution in [0.2, 0.25) is 0 Å². The van der Waals surface area contributed by atoms with E-state index in [2.05, 4.69) is 15.4 Å². The number of aromatic nitrogens is 4. The smallest absolute Gasteiger partial charge is 0.314 e. The molecule has 1 atom stereocenters. The van der Waals surface area contributed by atoms with Gasteiger partial charge in [0.2, 0.25) is 0 Å². The van der Waals surface area contributed by atoms with E-state index >= 15 is 0 Å². The van der Waals surface area contributed by atoms with Crippen LogP contribution in [0.5, 0.6) is 0 Å². The zero-order valence-electron chi connectivity index (χ0n) is 15.1. The van der Waals surface area contributed by atoms with Crippen molar-refractivity contribution in [2.45, 2.75) is 26.1 Å². The van der Waals surface area contributed by atoms with Crippen molar-refractivity contribution in [2.24, 2.45) is 0 Å². The van der Waals surface area contributed by atoms with Gasteiger partial charge in [0.1, 0.15) is 0 Å². The molecule has 0 saturated carbocycles. The second kappa shape index (κ2) is 7.08. The summed E-state index contributed by atoms with van der Waals surface area (Å²) in [5.74, 6) is -4.41. The first-order valence-corrected chi connectivity index (χ1v) is 8.66. The number of fused-ring (bicyclic) bond motifs is 1. The van der Waals surface area contributed by atoms with Crippen LogP contribution in [0.15, 0.2) is 41.6 Å². The number of carbonyl (C=O) groups is 1. The van der Waals surface area contributed by atoms with Crippen LogP contribution in [0, 0.1) is 17.5 Å². The third kappa shape index (κ3) is 3.35. The Hall–Kier alpha value is -3.63. The minimum Gasteiger partial charge on any atom is -0.314 e. The molecule has 2 amide bonds. The summed E-state index contributed by atoms with van der Waals surface area (Å²) in [6.45, 7) is 2.23. The second-order valence-electron chi connectivity index (χ2n) is 6.59. The number of halogens is 3. The van der Waals surface area contributed by atoms with Crippen molar-refractivity contribution >= 4 is 11.7 Å². The van der Waals surface area contributed by atoms with E-state index in [1.807, 2.05) is 0 Å². The molecule has 0 aliphatic carbocycles. The lowest BCUT2D eigenvalue weighted by Crippen LogP contribution is -2.47. The molecule has 0 fully saturated rings. The molecule has 1 aromatic carbocycles. The first-order valence-electron chi connectivity index (χ1n) is 8.66. The van der Waals surface area contributed by atoms with Crippen molar-refractivity contribution < 1.29 is 18.0 Å². The topological polar surface area (TPSA) is 85.1 Å². The monoisotopic (exact) mass is 404 g/mol. The van der Waals surface area contributed by atoms with E-state index in [4.69, 9.17) is 0 Å². The second-order valence-corrected chi connectivity index (χ2v) is 6.59. The minimum absolute atomic E-state index is 0.0931. The lowest BCUT2D eigenvalue weighted by molar-refractivity contribution is 0.161. The molecule has 1 N–H and O–H groups in total. The quantitative estimate of drug-likeness (QED) is 0.664. The molecule has 8 nitrogen and oxygen atoms in total. The van der Waals surface area contributed by atoms with Crippen LogP contribution in [0.25, 0.3) is 5.69 Å². The van der Waals surface area contributed by atoms with E-state index in [-0.39, 0.29) is 18.3 Å². The highest BCUT2D eigenvalue weighted by Crippen LogP contribution is 2.24. The number of rotatable bonds is 2. The molecular formula is C18H15F3N6O2. The number of nitrogens with one attached hydrogen (secondary N) is 1. The molecular weight excluding hydrogens is 389 g/mol. The van der Waals surface area contributed by atoms with Crippen LogP contribution >= 0.6 is 0 Å². The van der Waals surface area contributed by atoms with Gasteiger partial charge < -0.3 is 10.2 Å². The van der Waals surface area contributed by atoms with Gasteiger partial charge in [0, 0.05) is 30.2 Å². The van der Waals surface area contributed by atoms with Crippen molar-refractivity contribution in [2.75, 3.05) is 5.32 Å². The third-order valence-electron chi connectivity index (χ3n) is 4.68. The molecule has 150 valence electrons. The Morgan fingerprint density at radius 3 is 2.66 bits per heavy atom. The summed E-state index contributed by atoms with van der Waals surface area (Å²) >= 11 is 0. The molecule has 0 bridgehead atoms. The largest absolute Gasteiger partial charge is 0.352 e. The minimum atomic E-state index is -1.61. The molecule has 0 saturated heterocycles. The van der Waals surface area contributed by atoms with Crippen LogP contribution < -0.4 is 11.0 Å². The van der Waals surface area contributed by atoms with Crippen LogP contribution in [-0.2, 0) is 13.1 Å². The molecule has 0 radical (unpaired) electrons. The number of amides is 2. The summed E-state index contributed by atoms with van der Waals surface area (Å²) in [7, 11) is 0. The fourth-order valence-corrected chi connectivity index (χ4v) is 3.22. The lowest BCUT2D eigenvalue weighted by atomic mass is 10.2. The third-order valence-corrected chi connectivity index (χ3v) is 4.68. The van der Waals surface area contributed by atoms with E-state index in [0.717, 1.165) is 0 Å². The van der Waals surface area contributed by atoms with Gasteiger partial charge in [-0.1, -0.05) is 0 Å². The number of urea groups is 1. The van der Waals surface area contributed by atoms with E-state index in [0.29, 0.717) is 30.1 Å². The van der Waals surface area contributed by atoms with Gasteiger partial charge in [0.05, 0.1) is 36.7 Å². The molecule has 3 aromatic rings. The predicted octanol–water partition coefficient (Wildman–Crippen LogP) is 2.28. The molecule has 3 heterocycles. The number of nitrogens with zero attached hydrogens (tertiary/aromatic N) is 5. The first kappa shape index (κ1) is 18.7. The zero-order chi connectivity index (χ0) is 20.7. The van der Waals surface area contributed by atoms with Crippen LogP contribution in [0.1, 0.15) is 12.6 Å². The number of benzene rings is 1. The van der Waals surface area contributed by atoms with Gasteiger partial charge >= 0.3 is 11.7 Å². The summed E-state index contributed by atoms with van der Waals surface area (Å²) in [6.07, 6.45) is 4.43. The van der Waals surface area contributed by atoms with Gasteiger partial charge in [-0.3, -0.25) is 9.25 Å². The van der Waals surface area contributed by atoms with Gasteiger partial charge in [-0.25, -0.2) is 27.7 Å². The Balaban J connectivity index is 1.62. The Morgan fingerprint density at radius 1 is 1.24 bits per heavy atom. The number of hydrogen-bond donors (Lipinski definition) is 1. The maximum Gasteiger partial charge on any atom is 0.352 e. The van der Waals surface area contributed by atoms with Gasteiger partial charge in [-0.2, -0.15) is 5.10 Å². The highest BCUT2D eigenvalue weighted by Gasteiger charge is 2.30. The van der Waals surface area contributed by atoms with Crippen molar-refractivity contribution in [1.29, 1.82) is 0 Å². The Morgan fingerprint density at radius 2 is 1.97 bits per heavy atom. The molecule has 1 aliphatic rings. The average Bonchev–Trinajstić information content (AvgIpc) is 3.08. The van der Waals surface area contributed by atoms with E-state index in [1.165, 1.54) is 21.9 Å². The van der Waals surface area contributed by atoms with Crippen molar-refractivity contribution in [3.63, 3.8) is 0 Å². The summed E-state index contributed by atoms with van der Waals surface area (Å²) < 4.78 is 42.9. The molecule has 2 aromatic heterocycles. The molecule has 11 heteroatoms. The van der Waals surface area contributed by atoms with E-state index in [1.54, 1.807) is 23.9 Å².